The quantitative estimate of drug-likeness (QED) is 0.801. The fourth-order valence-corrected chi connectivity index (χ4v) is 2.44. The van der Waals surface area contributed by atoms with Gasteiger partial charge in [0.25, 0.3) is 0 Å². The Hall–Kier alpha value is -0.830. The van der Waals surface area contributed by atoms with E-state index < -0.39 is 0 Å². The Labute approximate surface area is 128 Å². The van der Waals surface area contributed by atoms with Gasteiger partial charge in [-0.1, -0.05) is 51.8 Å². The molecule has 0 heterocycles. The molecule has 100 valence electrons. The molecular weight excluding hydrogens is 322 g/mol. The summed E-state index contributed by atoms with van der Waals surface area (Å²) in [6, 6.07) is 14.7. The van der Waals surface area contributed by atoms with Gasteiger partial charge in [-0.2, -0.15) is 0 Å². The molecular formula is C16H17BrClN. The molecule has 0 unspecified atom stereocenters. The van der Waals surface area contributed by atoms with Gasteiger partial charge in [0.05, 0.1) is 0 Å². The summed E-state index contributed by atoms with van der Waals surface area (Å²) < 4.78 is 1.16. The Kier molecular flexibility index (Phi) is 5.03. The van der Waals surface area contributed by atoms with Crippen LogP contribution < -0.4 is 5.32 Å². The number of halogens is 2. The van der Waals surface area contributed by atoms with Crippen LogP contribution in [-0.4, -0.2) is 0 Å². The van der Waals surface area contributed by atoms with E-state index in [1.165, 1.54) is 16.7 Å². The smallest absolute Gasteiger partial charge is 0.0406 e. The maximum atomic E-state index is 5.90. The van der Waals surface area contributed by atoms with Crippen molar-refractivity contribution in [2.45, 2.75) is 26.4 Å². The molecule has 0 aromatic heterocycles. The summed E-state index contributed by atoms with van der Waals surface area (Å²) in [7, 11) is 0. The highest BCUT2D eigenvalue weighted by Gasteiger charge is 2.05. The Balaban J connectivity index is 1.98. The van der Waals surface area contributed by atoms with Crippen molar-refractivity contribution >= 4 is 27.5 Å². The van der Waals surface area contributed by atoms with Gasteiger partial charge in [0.2, 0.25) is 0 Å². The van der Waals surface area contributed by atoms with Crippen LogP contribution in [0, 0.1) is 6.92 Å². The van der Waals surface area contributed by atoms with Gasteiger partial charge in [-0.3, -0.25) is 0 Å². The molecule has 1 nitrogen and oxygen atoms in total. The molecule has 0 radical (unpaired) electrons. The second-order valence-corrected chi connectivity index (χ2v) is 6.03. The predicted molar refractivity (Wildman–Crippen MR) is 85.6 cm³/mol. The van der Waals surface area contributed by atoms with Crippen LogP contribution in [-0.2, 0) is 6.54 Å². The first-order valence-electron chi connectivity index (χ1n) is 6.30. The lowest BCUT2D eigenvalue weighted by Crippen LogP contribution is -2.18. The minimum Gasteiger partial charge on any atom is -0.306 e. The van der Waals surface area contributed by atoms with Gasteiger partial charge in [0, 0.05) is 22.1 Å². The van der Waals surface area contributed by atoms with Crippen LogP contribution in [0.15, 0.2) is 46.9 Å². The molecule has 0 amide bonds. The fourth-order valence-electron chi connectivity index (χ4n) is 1.89. The van der Waals surface area contributed by atoms with Crippen LogP contribution in [0.2, 0.25) is 5.02 Å². The second-order valence-electron chi connectivity index (χ2n) is 4.74. The highest BCUT2D eigenvalue weighted by Crippen LogP contribution is 2.19. The highest BCUT2D eigenvalue weighted by atomic mass is 79.9. The lowest BCUT2D eigenvalue weighted by atomic mass is 10.1. The molecule has 2 aromatic rings. The lowest BCUT2D eigenvalue weighted by Gasteiger charge is -2.15. The minimum absolute atomic E-state index is 0.303. The zero-order valence-electron chi connectivity index (χ0n) is 11.1. The Morgan fingerprint density at radius 3 is 2.47 bits per heavy atom. The summed E-state index contributed by atoms with van der Waals surface area (Å²) in [6.45, 7) is 5.10. The van der Waals surface area contributed by atoms with Gasteiger partial charge in [-0.15, -0.1) is 0 Å². The molecule has 2 aromatic carbocycles. The van der Waals surface area contributed by atoms with Crippen LogP contribution in [0.3, 0.4) is 0 Å². The molecule has 0 aliphatic heterocycles. The van der Waals surface area contributed by atoms with E-state index in [9.17, 15) is 0 Å². The zero-order valence-corrected chi connectivity index (χ0v) is 13.4. The van der Waals surface area contributed by atoms with Crippen molar-refractivity contribution in [3.63, 3.8) is 0 Å². The SMILES string of the molecule is Cc1ccc(CN[C@@H](C)c2ccc(Cl)cc2)cc1Br. The number of nitrogens with one attached hydrogen (secondary N) is 1. The third-order valence-electron chi connectivity index (χ3n) is 3.22. The number of benzene rings is 2. The predicted octanol–water partition coefficient (Wildman–Crippen LogP) is 5.26. The van der Waals surface area contributed by atoms with Crippen molar-refractivity contribution in [2.75, 3.05) is 0 Å². The van der Waals surface area contributed by atoms with Crippen LogP contribution in [0.5, 0.6) is 0 Å². The van der Waals surface area contributed by atoms with Crippen molar-refractivity contribution < 1.29 is 0 Å². The molecule has 2 rings (SSSR count). The summed E-state index contributed by atoms with van der Waals surface area (Å²) in [5.41, 5.74) is 3.78. The van der Waals surface area contributed by atoms with Gasteiger partial charge in [0.15, 0.2) is 0 Å². The molecule has 3 heteroatoms. The van der Waals surface area contributed by atoms with Crippen molar-refractivity contribution in [1.82, 2.24) is 5.32 Å². The van der Waals surface area contributed by atoms with Gasteiger partial charge in [-0.05, 0) is 48.7 Å². The van der Waals surface area contributed by atoms with E-state index in [0.717, 1.165) is 16.0 Å². The largest absolute Gasteiger partial charge is 0.306 e. The monoisotopic (exact) mass is 337 g/mol. The van der Waals surface area contributed by atoms with Crippen molar-refractivity contribution in [2.24, 2.45) is 0 Å². The summed E-state index contributed by atoms with van der Waals surface area (Å²) in [5.74, 6) is 0. The Bertz CT molecular complexity index is 551. The van der Waals surface area contributed by atoms with Gasteiger partial charge >= 0.3 is 0 Å². The Morgan fingerprint density at radius 2 is 1.84 bits per heavy atom. The van der Waals surface area contributed by atoms with Crippen molar-refractivity contribution in [3.05, 3.63) is 68.7 Å². The van der Waals surface area contributed by atoms with Crippen molar-refractivity contribution in [1.29, 1.82) is 0 Å². The van der Waals surface area contributed by atoms with Gasteiger partial charge in [-0.25, -0.2) is 0 Å². The molecule has 0 spiro atoms. The number of aryl methyl sites for hydroxylation is 1. The second kappa shape index (κ2) is 6.56. The summed E-state index contributed by atoms with van der Waals surface area (Å²) in [5, 5.41) is 4.29. The third-order valence-corrected chi connectivity index (χ3v) is 4.32. The van der Waals surface area contributed by atoms with E-state index in [1.54, 1.807) is 0 Å². The first kappa shape index (κ1) is 14.6. The van der Waals surface area contributed by atoms with E-state index in [1.807, 2.05) is 12.1 Å². The summed E-state index contributed by atoms with van der Waals surface area (Å²) in [4.78, 5) is 0. The normalized spacial score (nSPS) is 12.4. The molecule has 0 saturated carbocycles. The maximum Gasteiger partial charge on any atom is 0.0406 e. The molecule has 0 aliphatic carbocycles. The van der Waals surface area contributed by atoms with Crippen LogP contribution in [0.4, 0.5) is 0 Å². The molecule has 0 saturated heterocycles. The van der Waals surface area contributed by atoms with E-state index in [2.05, 4.69) is 65.4 Å². The average molecular weight is 339 g/mol. The summed E-state index contributed by atoms with van der Waals surface area (Å²) >= 11 is 9.46. The molecule has 0 bridgehead atoms. The topological polar surface area (TPSA) is 12.0 Å². The Morgan fingerprint density at radius 1 is 1.16 bits per heavy atom. The molecule has 1 atom stereocenters. The van der Waals surface area contributed by atoms with Crippen LogP contribution in [0.1, 0.15) is 29.7 Å². The van der Waals surface area contributed by atoms with E-state index >= 15 is 0 Å². The van der Waals surface area contributed by atoms with Gasteiger partial charge < -0.3 is 5.32 Å². The molecule has 0 aliphatic rings. The van der Waals surface area contributed by atoms with Crippen molar-refractivity contribution in [3.8, 4) is 0 Å². The minimum atomic E-state index is 0.303. The number of hydrogen-bond donors (Lipinski definition) is 1. The van der Waals surface area contributed by atoms with Crippen LogP contribution in [0.25, 0.3) is 0 Å². The standard InChI is InChI=1S/C16H17BrClN/c1-11-3-4-13(9-16(11)17)10-19-12(2)14-5-7-15(18)8-6-14/h3-9,12,19H,10H2,1-2H3/t12-/m0/s1. The lowest BCUT2D eigenvalue weighted by molar-refractivity contribution is 0.574. The maximum absolute atomic E-state index is 5.90. The van der Waals surface area contributed by atoms with Gasteiger partial charge in [0.1, 0.15) is 0 Å². The molecule has 1 N–H and O–H groups in total. The highest BCUT2D eigenvalue weighted by molar-refractivity contribution is 9.10. The number of hydrogen-bond acceptors (Lipinski definition) is 1. The first-order chi connectivity index (χ1) is 9.06. The fraction of sp³-hybridized carbons (Fsp3) is 0.250. The van der Waals surface area contributed by atoms with E-state index in [-0.39, 0.29) is 0 Å². The number of rotatable bonds is 4. The average Bonchev–Trinajstić information content (AvgIpc) is 2.40. The summed E-state index contributed by atoms with van der Waals surface area (Å²) in [6.07, 6.45) is 0. The van der Waals surface area contributed by atoms with Crippen LogP contribution >= 0.6 is 27.5 Å². The third kappa shape index (κ3) is 4.07. The van der Waals surface area contributed by atoms with E-state index in [4.69, 9.17) is 11.6 Å². The first-order valence-corrected chi connectivity index (χ1v) is 7.47. The zero-order chi connectivity index (χ0) is 13.8. The molecule has 19 heavy (non-hydrogen) atoms. The van der Waals surface area contributed by atoms with E-state index in [0.29, 0.717) is 6.04 Å². The molecule has 0 fully saturated rings.